The Morgan fingerprint density at radius 1 is 1.31 bits per heavy atom. The van der Waals surface area contributed by atoms with E-state index >= 15 is 0 Å². The van der Waals surface area contributed by atoms with E-state index in [0.29, 0.717) is 10.6 Å². The summed E-state index contributed by atoms with van der Waals surface area (Å²) in [5.41, 5.74) is 2.51. The first-order valence-electron chi connectivity index (χ1n) is 10.9. The summed E-state index contributed by atoms with van der Waals surface area (Å²) in [4.78, 5) is 54.6. The zero-order valence-corrected chi connectivity index (χ0v) is 20.7. The van der Waals surface area contributed by atoms with Gasteiger partial charge in [-0.3, -0.25) is 14.9 Å². The van der Waals surface area contributed by atoms with Gasteiger partial charge in [-0.1, -0.05) is 11.3 Å². The van der Waals surface area contributed by atoms with E-state index in [1.54, 1.807) is 13.8 Å². The minimum absolute atomic E-state index is 0.0152. The first-order valence-corrected chi connectivity index (χ1v) is 11.7. The van der Waals surface area contributed by atoms with E-state index in [1.807, 2.05) is 0 Å². The number of aromatic nitrogens is 1. The predicted molar refractivity (Wildman–Crippen MR) is 123 cm³/mol. The fraction of sp³-hybridized carbons (Fsp3) is 0.500. The van der Waals surface area contributed by atoms with Crippen molar-refractivity contribution in [3.05, 3.63) is 34.0 Å². The summed E-state index contributed by atoms with van der Waals surface area (Å²) in [6.45, 7) is 5.04. The lowest BCUT2D eigenvalue weighted by Crippen LogP contribution is -2.45. The quantitative estimate of drug-likeness (QED) is 0.546. The van der Waals surface area contributed by atoms with Crippen molar-refractivity contribution in [2.24, 2.45) is 11.7 Å². The molecule has 36 heavy (non-hydrogen) atoms. The number of nitrogens with one attached hydrogen (secondary N) is 1. The smallest absolute Gasteiger partial charge is 0.400 e. The monoisotopic (exact) mass is 530 g/mol. The van der Waals surface area contributed by atoms with Gasteiger partial charge in [0.2, 0.25) is 5.91 Å². The van der Waals surface area contributed by atoms with Crippen molar-refractivity contribution in [2.75, 3.05) is 18.5 Å². The molecule has 2 aromatic rings. The van der Waals surface area contributed by atoms with Crippen LogP contribution in [0.4, 0.5) is 23.1 Å². The number of carbonyl (C=O) groups is 3. The number of aryl methyl sites for hydroxylation is 1. The lowest BCUT2D eigenvalue weighted by atomic mass is 9.88. The molecule has 0 radical (unpaired) electrons. The minimum Gasteiger partial charge on any atom is -0.466 e. The Morgan fingerprint density at radius 3 is 2.56 bits per heavy atom. The van der Waals surface area contributed by atoms with E-state index in [1.165, 1.54) is 0 Å². The van der Waals surface area contributed by atoms with Crippen LogP contribution in [0.2, 0.25) is 0 Å². The molecule has 0 aromatic carbocycles. The van der Waals surface area contributed by atoms with Gasteiger partial charge in [0.05, 0.1) is 23.1 Å². The average molecular weight is 531 g/mol. The predicted octanol–water partition coefficient (Wildman–Crippen LogP) is 3.18. The number of likely N-dealkylation sites (tertiary alicyclic amines) is 1. The maximum absolute atomic E-state index is 13.5. The molecule has 0 bridgehead atoms. The molecular weight excluding hydrogens is 505 g/mol. The molecule has 14 heteroatoms. The molecule has 1 fully saturated rings. The van der Waals surface area contributed by atoms with Crippen molar-refractivity contribution in [3.8, 4) is 10.4 Å². The van der Waals surface area contributed by atoms with Crippen LogP contribution in [0.5, 0.6) is 0 Å². The molecule has 1 aliphatic rings. The maximum atomic E-state index is 13.5. The number of ether oxygens (including phenoxy) is 1. The molecule has 0 spiro atoms. The number of halogens is 3. The maximum Gasteiger partial charge on any atom is 0.400 e. The summed E-state index contributed by atoms with van der Waals surface area (Å²) < 4.78 is 50.3. The largest absolute Gasteiger partial charge is 0.466 e. The number of carbonyl (C=O) groups excluding carboxylic acids is 3. The second-order valence-corrected chi connectivity index (χ2v) is 9.77. The molecule has 1 aliphatic heterocycles. The van der Waals surface area contributed by atoms with Gasteiger partial charge in [-0.2, -0.15) is 13.2 Å². The van der Waals surface area contributed by atoms with Crippen LogP contribution < -0.4 is 16.7 Å². The molecule has 10 nitrogen and oxygen atoms in total. The number of urea groups is 1. The standard InChI is InChI=1S/C22H25F3N4O6S/c1-5-34-18(32)12-6-13(17(26)31)29(9-12)20(33)28-19-27-10(2)16(36-19)11-7-14(35-15(30)8-11)21(3,4)22(23,24)25/h7-8,12-13H,5-6,9H2,1-4H3,(H2,26,31)(H,27,28,33)/t12-,13+/m1/s1. The van der Waals surface area contributed by atoms with Crippen molar-refractivity contribution in [1.82, 2.24) is 9.88 Å². The highest BCUT2D eigenvalue weighted by Gasteiger charge is 2.51. The number of anilines is 1. The van der Waals surface area contributed by atoms with Crippen molar-refractivity contribution in [2.45, 2.75) is 51.7 Å². The van der Waals surface area contributed by atoms with Gasteiger partial charge in [-0.25, -0.2) is 14.6 Å². The molecule has 3 amide bonds. The molecule has 0 unspecified atom stereocenters. The van der Waals surface area contributed by atoms with Gasteiger partial charge in [0.25, 0.3) is 0 Å². The fourth-order valence-corrected chi connectivity index (χ4v) is 4.64. The van der Waals surface area contributed by atoms with Gasteiger partial charge in [0.1, 0.15) is 17.2 Å². The van der Waals surface area contributed by atoms with Crippen LogP contribution in [0.1, 0.15) is 38.6 Å². The third-order valence-electron chi connectivity index (χ3n) is 5.88. The number of primary amides is 1. The lowest BCUT2D eigenvalue weighted by molar-refractivity contribution is -0.185. The number of esters is 1. The molecular formula is C22H25F3N4O6S. The number of hydrogen-bond donors (Lipinski definition) is 2. The van der Waals surface area contributed by atoms with Crippen LogP contribution in [0.3, 0.4) is 0 Å². The zero-order valence-electron chi connectivity index (χ0n) is 19.9. The zero-order chi connectivity index (χ0) is 27.0. The van der Waals surface area contributed by atoms with Crippen molar-refractivity contribution in [1.29, 1.82) is 0 Å². The topological polar surface area (TPSA) is 145 Å². The number of rotatable bonds is 6. The van der Waals surface area contributed by atoms with Crippen molar-refractivity contribution < 1.29 is 36.7 Å². The van der Waals surface area contributed by atoms with Crippen molar-refractivity contribution >= 4 is 34.4 Å². The molecule has 1 saturated heterocycles. The van der Waals surface area contributed by atoms with Gasteiger partial charge < -0.3 is 19.8 Å². The van der Waals surface area contributed by atoms with Gasteiger partial charge in [0.15, 0.2) is 5.13 Å². The second-order valence-electron chi connectivity index (χ2n) is 8.77. The van der Waals surface area contributed by atoms with E-state index in [-0.39, 0.29) is 30.3 Å². The van der Waals surface area contributed by atoms with E-state index in [9.17, 15) is 32.3 Å². The number of nitrogens with two attached hydrogens (primary N) is 1. The van der Waals surface area contributed by atoms with Crippen LogP contribution in [-0.4, -0.2) is 53.2 Å². The SMILES string of the molecule is CCOC(=O)[C@@H]1C[C@@H](C(N)=O)N(C(=O)Nc2nc(C)c(-c3cc(C(C)(C)C(F)(F)F)oc(=O)c3)s2)C1. The molecule has 2 atom stereocenters. The Hall–Kier alpha value is -3.42. The summed E-state index contributed by atoms with van der Waals surface area (Å²) in [5, 5.41) is 2.60. The third-order valence-corrected chi connectivity index (χ3v) is 7.00. The van der Waals surface area contributed by atoms with Crippen LogP contribution in [0, 0.1) is 12.8 Å². The van der Waals surface area contributed by atoms with Crippen molar-refractivity contribution in [3.63, 3.8) is 0 Å². The molecule has 3 heterocycles. The number of thiazole rings is 1. The second kappa shape index (κ2) is 9.91. The first-order chi connectivity index (χ1) is 16.7. The van der Waals surface area contributed by atoms with Crippen LogP contribution in [0.25, 0.3) is 10.4 Å². The minimum atomic E-state index is -4.67. The molecule has 0 saturated carbocycles. The summed E-state index contributed by atoms with van der Waals surface area (Å²) in [5.74, 6) is -2.63. The van der Waals surface area contributed by atoms with Crippen LogP contribution in [-0.2, 0) is 19.7 Å². The summed E-state index contributed by atoms with van der Waals surface area (Å²) >= 11 is 0.921. The molecule has 3 N–H and O–H groups in total. The van der Waals surface area contributed by atoms with E-state index in [0.717, 1.165) is 42.2 Å². The Morgan fingerprint density at radius 2 is 1.97 bits per heavy atom. The van der Waals surface area contributed by atoms with E-state index < -0.39 is 52.8 Å². The highest BCUT2D eigenvalue weighted by atomic mass is 32.1. The lowest BCUT2D eigenvalue weighted by Gasteiger charge is -2.26. The Balaban J connectivity index is 1.86. The molecule has 196 valence electrons. The Labute approximate surface area is 207 Å². The first kappa shape index (κ1) is 27.2. The Kier molecular flexibility index (Phi) is 7.48. The summed E-state index contributed by atoms with van der Waals surface area (Å²) in [7, 11) is 0. The summed E-state index contributed by atoms with van der Waals surface area (Å²) in [6, 6.07) is 0.382. The van der Waals surface area contributed by atoms with Gasteiger partial charge in [0, 0.05) is 18.2 Å². The number of alkyl halides is 3. The molecule has 0 aliphatic carbocycles. The average Bonchev–Trinajstić information content (AvgIpc) is 3.37. The van der Waals surface area contributed by atoms with Gasteiger partial charge >= 0.3 is 23.8 Å². The summed E-state index contributed by atoms with van der Waals surface area (Å²) in [6.07, 6.45) is -4.65. The van der Waals surface area contributed by atoms with E-state index in [4.69, 9.17) is 14.9 Å². The third kappa shape index (κ3) is 5.37. The number of hydrogen-bond acceptors (Lipinski definition) is 8. The van der Waals surface area contributed by atoms with Gasteiger partial charge in [-0.15, -0.1) is 0 Å². The highest BCUT2D eigenvalue weighted by Crippen LogP contribution is 2.42. The Bertz CT molecular complexity index is 1240. The highest BCUT2D eigenvalue weighted by molar-refractivity contribution is 7.19. The van der Waals surface area contributed by atoms with Crippen LogP contribution >= 0.6 is 11.3 Å². The van der Waals surface area contributed by atoms with E-state index in [2.05, 4.69) is 10.3 Å². The number of amides is 3. The van der Waals surface area contributed by atoms with Gasteiger partial charge in [-0.05, 0) is 40.2 Å². The molecule has 2 aromatic heterocycles. The molecule has 3 rings (SSSR count). The fourth-order valence-electron chi connectivity index (χ4n) is 3.70. The normalized spacial score (nSPS) is 18.2. The van der Waals surface area contributed by atoms with Crippen LogP contribution in [0.15, 0.2) is 21.3 Å². The number of nitrogens with zero attached hydrogens (tertiary/aromatic N) is 2.